The first-order valence-electron chi connectivity index (χ1n) is 9.35. The average Bonchev–Trinajstić information content (AvgIpc) is 3.53. The van der Waals surface area contributed by atoms with Crippen LogP contribution >= 0.6 is 0 Å². The lowest BCUT2D eigenvalue weighted by molar-refractivity contribution is 0.368. The number of methoxy groups -OCH3 is 1. The summed E-state index contributed by atoms with van der Waals surface area (Å²) in [5, 5.41) is 0. The van der Waals surface area contributed by atoms with Gasteiger partial charge in [-0.1, -0.05) is 29.8 Å². The van der Waals surface area contributed by atoms with Crippen LogP contribution in [-0.4, -0.2) is 19.8 Å². The van der Waals surface area contributed by atoms with E-state index in [1.807, 2.05) is 0 Å². The summed E-state index contributed by atoms with van der Waals surface area (Å²) in [6.45, 7) is 1.74. The first kappa shape index (κ1) is 22.2. The topological polar surface area (TPSA) is 46.4 Å². The predicted molar refractivity (Wildman–Crippen MR) is 105 cm³/mol. The van der Waals surface area contributed by atoms with Crippen molar-refractivity contribution in [1.29, 1.82) is 0 Å². The number of sulfonamides is 1. The van der Waals surface area contributed by atoms with Gasteiger partial charge in [-0.25, -0.2) is 30.4 Å². The smallest absolute Gasteiger partial charge is 0.244 e. The number of rotatable bonds is 5. The van der Waals surface area contributed by atoms with Gasteiger partial charge in [0.1, 0.15) is 5.75 Å². The van der Waals surface area contributed by atoms with Crippen LogP contribution in [0.15, 0.2) is 53.4 Å². The van der Waals surface area contributed by atoms with Crippen molar-refractivity contribution in [2.45, 2.75) is 23.9 Å². The highest BCUT2D eigenvalue weighted by Gasteiger charge is 2.59. The molecule has 3 atom stereocenters. The van der Waals surface area contributed by atoms with Crippen LogP contribution in [-0.2, 0) is 10.0 Å². The average molecular weight is 469 g/mol. The molecule has 4 rings (SSSR count). The van der Waals surface area contributed by atoms with Gasteiger partial charge >= 0.3 is 0 Å². The van der Waals surface area contributed by atoms with Gasteiger partial charge in [0.25, 0.3) is 0 Å². The van der Waals surface area contributed by atoms with E-state index in [9.17, 15) is 30.4 Å². The summed E-state index contributed by atoms with van der Waals surface area (Å²) in [5.41, 5.74) is -0.119. The Balaban J connectivity index is 1.88. The molecule has 0 spiro atoms. The molecular formula is C22H16F5NO3S. The zero-order valence-corrected chi connectivity index (χ0v) is 17.6. The number of hydrogen-bond donors (Lipinski definition) is 0. The molecule has 0 N–H and O–H groups in total. The van der Waals surface area contributed by atoms with Gasteiger partial charge in [-0.05, 0) is 36.8 Å². The van der Waals surface area contributed by atoms with Gasteiger partial charge in [0, 0.05) is 0 Å². The molecule has 1 heterocycles. The van der Waals surface area contributed by atoms with Gasteiger partial charge in [0.2, 0.25) is 15.8 Å². The van der Waals surface area contributed by atoms with Crippen LogP contribution in [0.25, 0.3) is 0 Å². The maximum absolute atomic E-state index is 14.6. The summed E-state index contributed by atoms with van der Waals surface area (Å²) in [7, 11) is -2.92. The first-order valence-corrected chi connectivity index (χ1v) is 10.8. The van der Waals surface area contributed by atoms with E-state index in [1.165, 1.54) is 55.6 Å². The number of halogens is 5. The molecular weight excluding hydrogens is 453 g/mol. The van der Waals surface area contributed by atoms with E-state index in [1.54, 1.807) is 6.92 Å². The van der Waals surface area contributed by atoms with Crippen molar-refractivity contribution in [1.82, 2.24) is 4.31 Å². The van der Waals surface area contributed by atoms with E-state index in [-0.39, 0.29) is 4.90 Å². The van der Waals surface area contributed by atoms with E-state index in [4.69, 9.17) is 4.74 Å². The van der Waals surface area contributed by atoms with Crippen LogP contribution in [0, 0.1) is 36.0 Å². The van der Waals surface area contributed by atoms with Gasteiger partial charge in [-0.15, -0.1) is 0 Å². The third-order valence-electron chi connectivity index (χ3n) is 5.35. The molecule has 0 saturated carbocycles. The normalized spacial score (nSPS) is 20.3. The second kappa shape index (κ2) is 7.86. The molecule has 1 fully saturated rings. The molecule has 0 aliphatic carbocycles. The number of benzene rings is 3. The quantitative estimate of drug-likeness (QED) is 0.224. The molecule has 168 valence electrons. The molecule has 1 aliphatic heterocycles. The van der Waals surface area contributed by atoms with Gasteiger partial charge in [-0.2, -0.15) is 4.31 Å². The van der Waals surface area contributed by atoms with E-state index < -0.39 is 56.8 Å². The number of ether oxygens (including phenoxy) is 1. The Labute approximate surface area is 180 Å². The summed E-state index contributed by atoms with van der Waals surface area (Å²) in [6.07, 6.45) is 0. The zero-order valence-electron chi connectivity index (χ0n) is 16.7. The molecule has 0 amide bonds. The van der Waals surface area contributed by atoms with E-state index in [2.05, 4.69) is 0 Å². The zero-order chi connectivity index (χ0) is 23.4. The van der Waals surface area contributed by atoms with Gasteiger partial charge in [0.15, 0.2) is 23.3 Å². The Morgan fingerprint density at radius 3 is 1.75 bits per heavy atom. The van der Waals surface area contributed by atoms with Gasteiger partial charge in [0.05, 0.1) is 29.7 Å². The lowest BCUT2D eigenvalue weighted by Gasteiger charge is -2.09. The van der Waals surface area contributed by atoms with Crippen molar-refractivity contribution in [3.05, 3.63) is 94.3 Å². The summed E-state index contributed by atoms with van der Waals surface area (Å²) in [5.74, 6) is -10.3. The first-order chi connectivity index (χ1) is 15.1. The monoisotopic (exact) mass is 469 g/mol. The lowest BCUT2D eigenvalue weighted by Crippen LogP contribution is -2.15. The SMILES string of the molecule is COc1ccc([C@@H]2[C@@H](c3c(F)c(F)c(F)c(F)c3F)N2S(=O)(=O)c2ccc(C)cc2)cc1. The predicted octanol–water partition coefficient (Wildman–Crippen LogP) is 5.19. The van der Waals surface area contributed by atoms with E-state index in [0.717, 1.165) is 9.87 Å². The molecule has 0 aromatic heterocycles. The summed E-state index contributed by atoms with van der Waals surface area (Å²) in [6, 6.07) is 8.81. The van der Waals surface area contributed by atoms with Crippen molar-refractivity contribution in [2.75, 3.05) is 7.11 Å². The highest BCUT2D eigenvalue weighted by atomic mass is 32.2. The highest BCUT2D eigenvalue weighted by molar-refractivity contribution is 7.89. The molecule has 4 nitrogen and oxygen atoms in total. The molecule has 0 bridgehead atoms. The van der Waals surface area contributed by atoms with Crippen molar-refractivity contribution in [3.63, 3.8) is 0 Å². The maximum atomic E-state index is 14.6. The fourth-order valence-corrected chi connectivity index (χ4v) is 5.36. The second-order valence-corrected chi connectivity index (χ2v) is 9.14. The molecule has 0 radical (unpaired) electrons. The summed E-state index contributed by atoms with van der Waals surface area (Å²) < 4.78 is 103. The summed E-state index contributed by atoms with van der Waals surface area (Å²) in [4.78, 5) is -0.173. The van der Waals surface area contributed by atoms with Crippen molar-refractivity contribution in [3.8, 4) is 5.75 Å². The Hall–Kier alpha value is -2.98. The van der Waals surface area contributed by atoms with E-state index >= 15 is 0 Å². The van der Waals surface area contributed by atoms with Crippen molar-refractivity contribution < 1.29 is 35.1 Å². The molecule has 32 heavy (non-hydrogen) atoms. The summed E-state index contributed by atoms with van der Waals surface area (Å²) >= 11 is 0. The minimum absolute atomic E-state index is 0.173. The largest absolute Gasteiger partial charge is 0.497 e. The minimum atomic E-state index is -4.33. The van der Waals surface area contributed by atoms with Crippen LogP contribution in [0.3, 0.4) is 0 Å². The fraction of sp³-hybridized carbons (Fsp3) is 0.182. The van der Waals surface area contributed by atoms with Crippen LogP contribution in [0.2, 0.25) is 0 Å². The van der Waals surface area contributed by atoms with Crippen molar-refractivity contribution in [2.24, 2.45) is 0 Å². The highest BCUT2D eigenvalue weighted by Crippen LogP contribution is 2.59. The fourth-order valence-electron chi connectivity index (χ4n) is 3.64. The number of hydrogen-bond acceptors (Lipinski definition) is 3. The van der Waals surface area contributed by atoms with Crippen LogP contribution in [0.1, 0.15) is 28.8 Å². The van der Waals surface area contributed by atoms with Crippen LogP contribution in [0.5, 0.6) is 5.75 Å². The Morgan fingerprint density at radius 1 is 0.750 bits per heavy atom. The Kier molecular flexibility index (Phi) is 5.46. The third kappa shape index (κ3) is 3.43. The third-order valence-corrected chi connectivity index (χ3v) is 7.23. The lowest BCUT2D eigenvalue weighted by atomic mass is 10.0. The Morgan fingerprint density at radius 2 is 1.25 bits per heavy atom. The molecule has 3 aromatic rings. The van der Waals surface area contributed by atoms with E-state index in [0.29, 0.717) is 11.3 Å². The molecule has 1 saturated heterocycles. The number of nitrogens with zero attached hydrogens (tertiary/aromatic N) is 1. The van der Waals surface area contributed by atoms with Crippen LogP contribution < -0.4 is 4.74 Å². The molecule has 10 heteroatoms. The molecule has 1 aliphatic rings. The molecule has 3 aromatic carbocycles. The van der Waals surface area contributed by atoms with Gasteiger partial charge < -0.3 is 4.74 Å². The maximum Gasteiger partial charge on any atom is 0.244 e. The second-order valence-electron chi connectivity index (χ2n) is 7.29. The molecule has 1 unspecified atom stereocenters. The minimum Gasteiger partial charge on any atom is -0.497 e. The van der Waals surface area contributed by atoms with Gasteiger partial charge in [-0.3, -0.25) is 0 Å². The number of aryl methyl sites for hydroxylation is 1. The Bertz CT molecular complexity index is 1270. The standard InChI is InChI=1S/C22H16F5NO3S/c1-11-3-9-14(10-4-11)32(29,30)28-21(12-5-7-13(31-2)8-6-12)22(28)15-16(23)18(25)20(27)19(26)17(15)24/h3-10,21-22H,1-2H3/t21-,22-,28?/m1/s1. The van der Waals surface area contributed by atoms with Crippen molar-refractivity contribution >= 4 is 10.0 Å². The van der Waals surface area contributed by atoms with Crippen LogP contribution in [0.4, 0.5) is 22.0 Å².